The summed E-state index contributed by atoms with van der Waals surface area (Å²) in [5.74, 6) is -0.212. The number of benzene rings is 1. The van der Waals surface area contributed by atoms with Gasteiger partial charge in [0.1, 0.15) is 0 Å². The third kappa shape index (κ3) is 2.43. The highest BCUT2D eigenvalue weighted by atomic mass is 16.5. The Bertz CT molecular complexity index is 355. The predicted octanol–water partition coefficient (Wildman–Crippen LogP) is 3.16. The second kappa shape index (κ2) is 5.69. The van der Waals surface area contributed by atoms with Crippen molar-refractivity contribution in [2.75, 3.05) is 7.11 Å². The van der Waals surface area contributed by atoms with E-state index in [4.69, 9.17) is 4.74 Å². The minimum atomic E-state index is -0.212. The Morgan fingerprint density at radius 1 is 1.06 bits per heavy atom. The number of hydrogen-bond acceptors (Lipinski definition) is 2. The minimum Gasteiger partial charge on any atom is -0.465 e. The normalized spacial score (nSPS) is 10.2. The van der Waals surface area contributed by atoms with Crippen LogP contribution in [0.1, 0.15) is 47.8 Å². The Kier molecular flexibility index (Phi) is 4.53. The van der Waals surface area contributed by atoms with Gasteiger partial charge in [0.15, 0.2) is 0 Å². The first-order chi connectivity index (χ1) is 7.67. The Morgan fingerprint density at radius 2 is 1.56 bits per heavy atom. The molecular formula is C14H20O2. The van der Waals surface area contributed by atoms with Gasteiger partial charge in [-0.2, -0.15) is 0 Å². The van der Waals surface area contributed by atoms with Crippen LogP contribution >= 0.6 is 0 Å². The van der Waals surface area contributed by atoms with Gasteiger partial charge in [-0.15, -0.1) is 0 Å². The molecule has 0 atom stereocenters. The van der Waals surface area contributed by atoms with Crippen molar-refractivity contribution in [1.29, 1.82) is 0 Å². The van der Waals surface area contributed by atoms with Crippen LogP contribution in [0.3, 0.4) is 0 Å². The van der Waals surface area contributed by atoms with E-state index in [2.05, 4.69) is 32.9 Å². The molecule has 0 aliphatic carbocycles. The van der Waals surface area contributed by atoms with Crippen LogP contribution in [0.4, 0.5) is 0 Å². The summed E-state index contributed by atoms with van der Waals surface area (Å²) in [5, 5.41) is 0. The van der Waals surface area contributed by atoms with Crippen LogP contribution in [0.15, 0.2) is 12.1 Å². The van der Waals surface area contributed by atoms with Crippen LogP contribution in [0.25, 0.3) is 0 Å². The lowest BCUT2D eigenvalue weighted by atomic mass is 9.94. The third-order valence-electron chi connectivity index (χ3n) is 2.92. The van der Waals surface area contributed by atoms with Crippen molar-refractivity contribution in [1.82, 2.24) is 0 Å². The van der Waals surface area contributed by atoms with Crippen molar-refractivity contribution in [2.45, 2.75) is 40.0 Å². The van der Waals surface area contributed by atoms with Crippen molar-refractivity contribution in [3.05, 3.63) is 34.4 Å². The summed E-state index contributed by atoms with van der Waals surface area (Å²) in [6, 6.07) is 4.23. The number of aryl methyl sites for hydroxylation is 3. The number of hydrogen-bond donors (Lipinski definition) is 0. The molecule has 0 aliphatic rings. The molecule has 2 heteroatoms. The number of carbonyl (C=O) groups excluding carboxylic acids is 1. The van der Waals surface area contributed by atoms with E-state index in [9.17, 15) is 4.79 Å². The molecule has 0 aliphatic heterocycles. The first-order valence-corrected chi connectivity index (χ1v) is 5.90. The molecule has 0 aromatic heterocycles. The van der Waals surface area contributed by atoms with Crippen LogP contribution in [-0.4, -0.2) is 13.1 Å². The summed E-state index contributed by atoms with van der Waals surface area (Å²) >= 11 is 0. The van der Waals surface area contributed by atoms with Crippen molar-refractivity contribution in [3.8, 4) is 0 Å². The van der Waals surface area contributed by atoms with Gasteiger partial charge >= 0.3 is 5.97 Å². The van der Waals surface area contributed by atoms with Gasteiger partial charge in [-0.1, -0.05) is 32.9 Å². The molecule has 1 aromatic rings. The fraction of sp³-hybridized carbons (Fsp3) is 0.500. The number of esters is 1. The second-order valence-corrected chi connectivity index (χ2v) is 3.84. The molecule has 16 heavy (non-hydrogen) atoms. The number of methoxy groups -OCH3 is 1. The molecule has 0 fully saturated rings. The summed E-state index contributed by atoms with van der Waals surface area (Å²) in [7, 11) is 1.44. The fourth-order valence-corrected chi connectivity index (χ4v) is 1.97. The topological polar surface area (TPSA) is 26.3 Å². The molecule has 0 spiro atoms. The van der Waals surface area contributed by atoms with Gasteiger partial charge in [-0.05, 0) is 36.0 Å². The highest BCUT2D eigenvalue weighted by molar-refractivity contribution is 5.93. The van der Waals surface area contributed by atoms with Crippen molar-refractivity contribution < 1.29 is 9.53 Å². The maximum absolute atomic E-state index is 11.8. The molecule has 0 saturated heterocycles. The average Bonchev–Trinajstić information content (AvgIpc) is 2.35. The minimum absolute atomic E-state index is 0.212. The Hall–Kier alpha value is -1.31. The van der Waals surface area contributed by atoms with Crippen molar-refractivity contribution in [3.63, 3.8) is 0 Å². The molecule has 0 radical (unpaired) electrons. The molecule has 0 unspecified atom stereocenters. The second-order valence-electron chi connectivity index (χ2n) is 3.84. The first kappa shape index (κ1) is 12.8. The van der Waals surface area contributed by atoms with Gasteiger partial charge in [-0.3, -0.25) is 0 Å². The Balaban J connectivity index is 3.37. The van der Waals surface area contributed by atoms with Crippen molar-refractivity contribution in [2.24, 2.45) is 0 Å². The molecule has 2 nitrogen and oxygen atoms in total. The predicted molar refractivity (Wildman–Crippen MR) is 65.9 cm³/mol. The highest BCUT2D eigenvalue weighted by Crippen LogP contribution is 2.20. The first-order valence-electron chi connectivity index (χ1n) is 5.90. The molecule has 1 rings (SSSR count). The van der Waals surface area contributed by atoms with Crippen LogP contribution in [0.2, 0.25) is 0 Å². The summed E-state index contributed by atoms with van der Waals surface area (Å²) in [6.45, 7) is 6.27. The van der Waals surface area contributed by atoms with E-state index in [1.807, 2.05) is 0 Å². The Labute approximate surface area is 97.6 Å². The zero-order valence-corrected chi connectivity index (χ0v) is 10.6. The maximum Gasteiger partial charge on any atom is 0.338 e. The molecular weight excluding hydrogens is 200 g/mol. The molecule has 1 aromatic carbocycles. The van der Waals surface area contributed by atoms with Crippen LogP contribution in [0, 0.1) is 0 Å². The lowest BCUT2D eigenvalue weighted by Crippen LogP contribution is -2.10. The quantitative estimate of drug-likeness (QED) is 0.728. The summed E-state index contributed by atoms with van der Waals surface area (Å²) < 4.78 is 4.86. The van der Waals surface area contributed by atoms with Crippen LogP contribution < -0.4 is 0 Å². The lowest BCUT2D eigenvalue weighted by molar-refractivity contribution is 0.0598. The highest BCUT2D eigenvalue weighted by Gasteiger charge is 2.16. The lowest BCUT2D eigenvalue weighted by Gasteiger charge is -2.13. The number of rotatable bonds is 4. The average molecular weight is 220 g/mol. The smallest absolute Gasteiger partial charge is 0.338 e. The van der Waals surface area contributed by atoms with Gasteiger partial charge < -0.3 is 4.74 Å². The number of carbonyl (C=O) groups is 1. The SMILES string of the molecule is CCc1cc(CC)c(C(=O)OC)c(CC)c1. The molecule has 0 bridgehead atoms. The molecule has 0 saturated carbocycles. The zero-order valence-electron chi connectivity index (χ0n) is 10.6. The molecule has 0 heterocycles. The van der Waals surface area contributed by atoms with Gasteiger partial charge in [0.2, 0.25) is 0 Å². The zero-order chi connectivity index (χ0) is 12.1. The van der Waals surface area contributed by atoms with E-state index in [0.29, 0.717) is 0 Å². The number of ether oxygens (including phenoxy) is 1. The maximum atomic E-state index is 11.8. The standard InChI is InChI=1S/C14H20O2/c1-5-10-8-11(6-2)13(14(15)16-4)12(7-3)9-10/h8-9H,5-7H2,1-4H3. The van der Waals surface area contributed by atoms with E-state index in [-0.39, 0.29) is 5.97 Å². The van der Waals surface area contributed by atoms with E-state index in [0.717, 1.165) is 36.0 Å². The van der Waals surface area contributed by atoms with Gasteiger partial charge in [-0.25, -0.2) is 4.79 Å². The molecule has 88 valence electrons. The molecule has 0 amide bonds. The summed E-state index contributed by atoms with van der Waals surface area (Å²) in [5.41, 5.74) is 4.26. The van der Waals surface area contributed by atoms with Crippen LogP contribution in [-0.2, 0) is 24.0 Å². The van der Waals surface area contributed by atoms with Crippen LogP contribution in [0.5, 0.6) is 0 Å². The van der Waals surface area contributed by atoms with E-state index >= 15 is 0 Å². The van der Waals surface area contributed by atoms with E-state index < -0.39 is 0 Å². The summed E-state index contributed by atoms with van der Waals surface area (Å²) in [4.78, 5) is 11.8. The van der Waals surface area contributed by atoms with Gasteiger partial charge in [0.25, 0.3) is 0 Å². The Morgan fingerprint density at radius 3 is 1.88 bits per heavy atom. The third-order valence-corrected chi connectivity index (χ3v) is 2.92. The van der Waals surface area contributed by atoms with E-state index in [1.165, 1.54) is 12.7 Å². The largest absolute Gasteiger partial charge is 0.465 e. The van der Waals surface area contributed by atoms with Gasteiger partial charge in [0.05, 0.1) is 12.7 Å². The molecule has 0 N–H and O–H groups in total. The monoisotopic (exact) mass is 220 g/mol. The van der Waals surface area contributed by atoms with E-state index in [1.54, 1.807) is 0 Å². The van der Waals surface area contributed by atoms with Crippen molar-refractivity contribution >= 4 is 5.97 Å². The summed E-state index contributed by atoms with van der Waals surface area (Å²) in [6.07, 6.45) is 2.73. The fourth-order valence-electron chi connectivity index (χ4n) is 1.97. The van der Waals surface area contributed by atoms with Gasteiger partial charge in [0, 0.05) is 0 Å².